The minimum atomic E-state index is -0.434. The van der Waals surface area contributed by atoms with Crippen molar-refractivity contribution < 1.29 is 0 Å². The van der Waals surface area contributed by atoms with E-state index in [1.807, 2.05) is 0 Å². The lowest BCUT2D eigenvalue weighted by Gasteiger charge is -2.47. The van der Waals surface area contributed by atoms with E-state index in [9.17, 15) is 0 Å². The second kappa shape index (κ2) is 12.6. The zero-order chi connectivity index (χ0) is 39.3. The van der Waals surface area contributed by atoms with Gasteiger partial charge in [-0.05, 0) is 124 Å². The molecule has 0 saturated heterocycles. The maximum Gasteiger partial charge on any atom is 0.0719 e. The Morgan fingerprint density at radius 1 is 0.305 bits per heavy atom. The monoisotopic (exact) mass is 751 g/mol. The molecule has 0 saturated carbocycles. The molecule has 278 valence electrons. The van der Waals surface area contributed by atoms with Gasteiger partial charge in [-0.25, -0.2) is 0 Å². The van der Waals surface area contributed by atoms with Gasteiger partial charge < -0.3 is 4.90 Å². The van der Waals surface area contributed by atoms with E-state index in [1.165, 1.54) is 88.0 Å². The van der Waals surface area contributed by atoms with E-state index in [1.54, 1.807) is 0 Å². The zero-order valence-electron chi connectivity index (χ0n) is 33.2. The van der Waals surface area contributed by atoms with Crippen molar-refractivity contribution in [2.24, 2.45) is 0 Å². The molecular formula is C58H41N. The smallest absolute Gasteiger partial charge is 0.0719 e. The van der Waals surface area contributed by atoms with E-state index in [4.69, 9.17) is 0 Å². The first-order valence-corrected chi connectivity index (χ1v) is 20.8. The SMILES string of the molecule is CC1(C)c2ccccc2C2(c3ccccc3-c3ccccc32)c2cccc(-c3cccc(N(c4ccccc4)c4ccc5c6ccccc6c6ccccc6c5c4)c3)c21. The van der Waals surface area contributed by atoms with Crippen molar-refractivity contribution in [1.29, 1.82) is 0 Å². The van der Waals surface area contributed by atoms with Crippen molar-refractivity contribution in [3.05, 3.63) is 246 Å². The maximum absolute atomic E-state index is 2.43. The molecular weight excluding hydrogens is 711 g/mol. The number of para-hydroxylation sites is 1. The molecule has 10 aromatic rings. The summed E-state index contributed by atoms with van der Waals surface area (Å²) in [5.41, 5.74) is 16.0. The summed E-state index contributed by atoms with van der Waals surface area (Å²) in [7, 11) is 0. The van der Waals surface area contributed by atoms with Crippen LogP contribution in [0.15, 0.2) is 212 Å². The fourth-order valence-corrected chi connectivity index (χ4v) is 11.1. The van der Waals surface area contributed by atoms with Crippen LogP contribution in [0.2, 0.25) is 0 Å². The van der Waals surface area contributed by atoms with Crippen molar-refractivity contribution in [2.45, 2.75) is 24.7 Å². The van der Waals surface area contributed by atoms with Gasteiger partial charge in [0.15, 0.2) is 0 Å². The van der Waals surface area contributed by atoms with Crippen LogP contribution in [0.5, 0.6) is 0 Å². The number of nitrogens with zero attached hydrogens (tertiary/aromatic N) is 1. The molecule has 2 aliphatic carbocycles. The van der Waals surface area contributed by atoms with Crippen LogP contribution in [-0.4, -0.2) is 0 Å². The number of benzene rings is 10. The van der Waals surface area contributed by atoms with Crippen molar-refractivity contribution in [2.75, 3.05) is 4.90 Å². The average Bonchev–Trinajstić information content (AvgIpc) is 3.60. The van der Waals surface area contributed by atoms with Crippen molar-refractivity contribution in [3.63, 3.8) is 0 Å². The molecule has 10 aromatic carbocycles. The van der Waals surface area contributed by atoms with E-state index in [0.717, 1.165) is 17.1 Å². The third kappa shape index (κ3) is 4.67. The predicted octanol–water partition coefficient (Wildman–Crippen LogP) is 15.3. The quantitative estimate of drug-likeness (QED) is 0.162. The van der Waals surface area contributed by atoms with Gasteiger partial charge in [0.25, 0.3) is 0 Å². The lowest BCUT2D eigenvalue weighted by Crippen LogP contribution is -2.41. The normalized spacial score (nSPS) is 14.2. The number of rotatable bonds is 4. The Balaban J connectivity index is 1.10. The van der Waals surface area contributed by atoms with Crippen LogP contribution in [0.1, 0.15) is 47.2 Å². The lowest BCUT2D eigenvalue weighted by atomic mass is 9.54. The Bertz CT molecular complexity index is 3240. The summed E-state index contributed by atoms with van der Waals surface area (Å²) >= 11 is 0. The van der Waals surface area contributed by atoms with E-state index >= 15 is 0 Å². The van der Waals surface area contributed by atoms with Gasteiger partial charge in [-0.3, -0.25) is 0 Å². The molecule has 1 heteroatoms. The van der Waals surface area contributed by atoms with Gasteiger partial charge in [-0.15, -0.1) is 0 Å². The molecule has 0 aromatic heterocycles. The average molecular weight is 752 g/mol. The van der Waals surface area contributed by atoms with Crippen molar-refractivity contribution >= 4 is 49.4 Å². The van der Waals surface area contributed by atoms with Crippen molar-refractivity contribution in [1.82, 2.24) is 0 Å². The molecule has 0 atom stereocenters. The minimum Gasteiger partial charge on any atom is -0.310 e. The highest BCUT2D eigenvalue weighted by Gasteiger charge is 2.53. The molecule has 0 fully saturated rings. The summed E-state index contributed by atoms with van der Waals surface area (Å²) in [6.45, 7) is 4.86. The standard InChI is InChI=1S/C58H41N/c1-57(2)53-31-14-15-32-54(53)58(51-29-12-10-26-48(51)49-27-11-13-30-52(49)58)55-33-17-28-42(56(55)57)38-18-16-21-40(36-38)59(39-19-4-3-5-20-39)41-34-35-47-45-24-7-6-22-43(45)44-23-8-9-25-46(44)50(47)37-41/h3-37H,1-2H3. The molecule has 2 aliphatic rings. The summed E-state index contributed by atoms with van der Waals surface area (Å²) in [6.07, 6.45) is 0. The highest BCUT2D eigenvalue weighted by Crippen LogP contribution is 2.63. The first-order valence-electron chi connectivity index (χ1n) is 20.8. The first-order chi connectivity index (χ1) is 29.0. The summed E-state index contributed by atoms with van der Waals surface area (Å²) in [6, 6.07) is 79.2. The molecule has 0 amide bonds. The number of anilines is 3. The third-order valence-corrected chi connectivity index (χ3v) is 13.5. The number of hydrogen-bond donors (Lipinski definition) is 0. The van der Waals surface area contributed by atoms with Gasteiger partial charge in [-0.1, -0.05) is 190 Å². The summed E-state index contributed by atoms with van der Waals surface area (Å²) < 4.78 is 0. The van der Waals surface area contributed by atoms with Crippen LogP contribution in [0.3, 0.4) is 0 Å². The highest BCUT2D eigenvalue weighted by atomic mass is 15.1. The predicted molar refractivity (Wildman–Crippen MR) is 249 cm³/mol. The van der Waals surface area contributed by atoms with E-state index in [2.05, 4.69) is 231 Å². The maximum atomic E-state index is 2.43. The van der Waals surface area contributed by atoms with E-state index in [-0.39, 0.29) is 5.41 Å². The van der Waals surface area contributed by atoms with Crippen LogP contribution >= 0.6 is 0 Å². The fourth-order valence-electron chi connectivity index (χ4n) is 11.1. The van der Waals surface area contributed by atoms with Crippen LogP contribution in [-0.2, 0) is 10.8 Å². The molecule has 0 unspecified atom stereocenters. The summed E-state index contributed by atoms with van der Waals surface area (Å²) in [5.74, 6) is 0. The molecule has 0 heterocycles. The Hall–Kier alpha value is -7.22. The van der Waals surface area contributed by atoms with E-state index in [0.29, 0.717) is 0 Å². The molecule has 0 bridgehead atoms. The molecule has 0 N–H and O–H groups in total. The fraction of sp³-hybridized carbons (Fsp3) is 0.0690. The summed E-state index contributed by atoms with van der Waals surface area (Å²) in [5, 5.41) is 7.65. The highest BCUT2D eigenvalue weighted by molar-refractivity contribution is 6.25. The molecule has 1 nitrogen and oxygen atoms in total. The largest absolute Gasteiger partial charge is 0.310 e. The Labute approximate surface area is 345 Å². The van der Waals surface area contributed by atoms with Gasteiger partial charge in [0.1, 0.15) is 0 Å². The van der Waals surface area contributed by atoms with Gasteiger partial charge in [0.05, 0.1) is 5.41 Å². The van der Waals surface area contributed by atoms with Gasteiger partial charge >= 0.3 is 0 Å². The lowest BCUT2D eigenvalue weighted by molar-refractivity contribution is 0.565. The second-order valence-corrected chi connectivity index (χ2v) is 16.8. The number of fused-ring (bicyclic) bond motifs is 15. The Morgan fingerprint density at radius 2 is 0.763 bits per heavy atom. The van der Waals surface area contributed by atoms with Crippen LogP contribution in [0.25, 0.3) is 54.6 Å². The first kappa shape index (κ1) is 33.9. The second-order valence-electron chi connectivity index (χ2n) is 16.8. The Kier molecular flexibility index (Phi) is 7.26. The topological polar surface area (TPSA) is 3.24 Å². The molecule has 12 rings (SSSR count). The van der Waals surface area contributed by atoms with E-state index < -0.39 is 5.41 Å². The van der Waals surface area contributed by atoms with Crippen molar-refractivity contribution in [3.8, 4) is 22.3 Å². The molecule has 59 heavy (non-hydrogen) atoms. The molecule has 0 aliphatic heterocycles. The molecule has 0 radical (unpaired) electrons. The van der Waals surface area contributed by atoms with Crippen LogP contribution in [0.4, 0.5) is 17.1 Å². The zero-order valence-corrected chi connectivity index (χ0v) is 33.2. The van der Waals surface area contributed by atoms with Crippen LogP contribution in [0, 0.1) is 0 Å². The van der Waals surface area contributed by atoms with Gasteiger partial charge in [-0.2, -0.15) is 0 Å². The number of hydrogen-bond acceptors (Lipinski definition) is 1. The third-order valence-electron chi connectivity index (χ3n) is 13.5. The minimum absolute atomic E-state index is 0.266. The summed E-state index contributed by atoms with van der Waals surface area (Å²) in [4.78, 5) is 2.42. The Morgan fingerprint density at radius 3 is 1.42 bits per heavy atom. The van der Waals surface area contributed by atoms with Crippen LogP contribution < -0.4 is 4.90 Å². The van der Waals surface area contributed by atoms with Gasteiger partial charge in [0, 0.05) is 22.5 Å². The molecule has 1 spiro atoms. The van der Waals surface area contributed by atoms with Gasteiger partial charge in [0.2, 0.25) is 0 Å².